The van der Waals surface area contributed by atoms with Gasteiger partial charge in [-0.15, -0.1) is 0 Å². The normalized spacial score (nSPS) is 34.5. The Morgan fingerprint density at radius 3 is 2.57 bits per heavy atom. The van der Waals surface area contributed by atoms with Crippen LogP contribution in [0.15, 0.2) is 0 Å². The van der Waals surface area contributed by atoms with Crippen LogP contribution in [0.25, 0.3) is 0 Å². The van der Waals surface area contributed by atoms with Crippen molar-refractivity contribution in [2.75, 3.05) is 0 Å². The molecule has 0 aliphatic heterocycles. The summed E-state index contributed by atoms with van der Waals surface area (Å²) in [6, 6.07) is 0. The zero-order valence-electron chi connectivity index (χ0n) is 8.40. The van der Waals surface area contributed by atoms with Crippen molar-refractivity contribution in [2.45, 2.75) is 57.2 Å². The summed E-state index contributed by atoms with van der Waals surface area (Å²) in [5.74, 6) is 0.0420. The maximum atomic E-state index is 12.5. The fourth-order valence-electron chi connectivity index (χ4n) is 2.28. The molecular weight excluding hydrogens is 193 g/mol. The second-order valence-electron chi connectivity index (χ2n) is 4.28. The molecule has 4 heteroatoms. The third kappa shape index (κ3) is 2.41. The Labute approximate surface area is 82.3 Å². The smallest absolute Gasteiger partial charge is 0.380 e. The summed E-state index contributed by atoms with van der Waals surface area (Å²) < 4.78 is 37.5. The summed E-state index contributed by atoms with van der Waals surface area (Å²) in [6.45, 7) is 1.96. The highest BCUT2D eigenvalue weighted by Gasteiger charge is 2.54. The van der Waals surface area contributed by atoms with Gasteiger partial charge >= 0.3 is 6.18 Å². The minimum Gasteiger partial charge on any atom is -0.380 e. The average molecular weight is 210 g/mol. The number of rotatable bonds is 2. The van der Waals surface area contributed by atoms with Gasteiger partial charge in [-0.1, -0.05) is 26.2 Å². The van der Waals surface area contributed by atoms with Gasteiger partial charge in [0.15, 0.2) is 5.60 Å². The quantitative estimate of drug-likeness (QED) is 0.741. The van der Waals surface area contributed by atoms with E-state index in [1.165, 1.54) is 0 Å². The third-order valence-electron chi connectivity index (χ3n) is 3.05. The van der Waals surface area contributed by atoms with Crippen LogP contribution in [0.5, 0.6) is 0 Å². The van der Waals surface area contributed by atoms with E-state index in [-0.39, 0.29) is 18.8 Å². The van der Waals surface area contributed by atoms with E-state index >= 15 is 0 Å². The largest absolute Gasteiger partial charge is 0.417 e. The molecule has 1 fully saturated rings. The molecule has 0 amide bonds. The molecule has 1 aliphatic rings. The SMILES string of the molecule is CCCC1CCCC(O)(C(F)(F)F)C1. The molecule has 0 heterocycles. The maximum absolute atomic E-state index is 12.5. The van der Waals surface area contributed by atoms with Gasteiger partial charge < -0.3 is 5.11 Å². The molecule has 0 bridgehead atoms. The van der Waals surface area contributed by atoms with Gasteiger partial charge in [0.2, 0.25) is 0 Å². The predicted molar refractivity (Wildman–Crippen MR) is 47.9 cm³/mol. The molecule has 14 heavy (non-hydrogen) atoms. The first kappa shape index (κ1) is 11.8. The molecule has 1 aliphatic carbocycles. The highest BCUT2D eigenvalue weighted by Crippen LogP contribution is 2.44. The van der Waals surface area contributed by atoms with E-state index in [9.17, 15) is 18.3 Å². The van der Waals surface area contributed by atoms with E-state index in [2.05, 4.69) is 0 Å². The summed E-state index contributed by atoms with van der Waals surface area (Å²) in [5, 5.41) is 9.48. The molecule has 1 saturated carbocycles. The van der Waals surface area contributed by atoms with Crippen LogP contribution in [0, 0.1) is 5.92 Å². The minimum atomic E-state index is -4.46. The minimum absolute atomic E-state index is 0.0420. The van der Waals surface area contributed by atoms with Crippen molar-refractivity contribution in [3.05, 3.63) is 0 Å². The van der Waals surface area contributed by atoms with Crippen molar-refractivity contribution in [1.82, 2.24) is 0 Å². The zero-order valence-corrected chi connectivity index (χ0v) is 8.40. The van der Waals surface area contributed by atoms with Gasteiger partial charge in [0.25, 0.3) is 0 Å². The molecule has 0 aromatic carbocycles. The van der Waals surface area contributed by atoms with E-state index in [1.807, 2.05) is 6.92 Å². The number of halogens is 3. The van der Waals surface area contributed by atoms with Gasteiger partial charge in [-0.05, 0) is 25.2 Å². The fraction of sp³-hybridized carbons (Fsp3) is 1.00. The number of hydrogen-bond acceptors (Lipinski definition) is 1. The van der Waals surface area contributed by atoms with Crippen molar-refractivity contribution in [1.29, 1.82) is 0 Å². The van der Waals surface area contributed by atoms with Crippen LogP contribution in [0.2, 0.25) is 0 Å². The highest BCUT2D eigenvalue weighted by atomic mass is 19.4. The second kappa shape index (κ2) is 4.09. The van der Waals surface area contributed by atoms with Crippen molar-refractivity contribution in [3.8, 4) is 0 Å². The fourth-order valence-corrected chi connectivity index (χ4v) is 2.28. The summed E-state index contributed by atoms with van der Waals surface area (Å²) in [4.78, 5) is 0. The zero-order chi connectivity index (χ0) is 10.8. The van der Waals surface area contributed by atoms with E-state index in [0.717, 1.165) is 19.3 Å². The van der Waals surface area contributed by atoms with Crippen LogP contribution in [0.4, 0.5) is 13.2 Å². The van der Waals surface area contributed by atoms with Crippen LogP contribution >= 0.6 is 0 Å². The first-order valence-corrected chi connectivity index (χ1v) is 5.18. The molecule has 1 nitrogen and oxygen atoms in total. The van der Waals surface area contributed by atoms with E-state index < -0.39 is 11.8 Å². The molecule has 0 aromatic heterocycles. The van der Waals surface area contributed by atoms with Crippen molar-refractivity contribution < 1.29 is 18.3 Å². The first-order chi connectivity index (χ1) is 6.39. The Hall–Kier alpha value is -0.250. The molecular formula is C10H17F3O. The molecule has 84 valence electrons. The number of hydrogen-bond donors (Lipinski definition) is 1. The molecule has 0 saturated heterocycles. The van der Waals surface area contributed by atoms with Crippen LogP contribution in [-0.4, -0.2) is 16.9 Å². The molecule has 1 N–H and O–H groups in total. The molecule has 0 radical (unpaired) electrons. The summed E-state index contributed by atoms with van der Waals surface area (Å²) in [5.41, 5.74) is -2.41. The first-order valence-electron chi connectivity index (χ1n) is 5.18. The van der Waals surface area contributed by atoms with Crippen molar-refractivity contribution in [3.63, 3.8) is 0 Å². The summed E-state index contributed by atoms with van der Waals surface area (Å²) in [7, 11) is 0. The number of aliphatic hydroxyl groups is 1. The molecule has 1 rings (SSSR count). The molecule has 2 atom stereocenters. The second-order valence-corrected chi connectivity index (χ2v) is 4.28. The Kier molecular flexibility index (Phi) is 3.45. The Morgan fingerprint density at radius 2 is 2.07 bits per heavy atom. The number of alkyl halides is 3. The lowest BCUT2D eigenvalue weighted by Crippen LogP contribution is -2.48. The Balaban J connectivity index is 2.62. The highest BCUT2D eigenvalue weighted by molar-refractivity contribution is 4.92. The predicted octanol–water partition coefficient (Wildman–Crippen LogP) is 3.27. The third-order valence-corrected chi connectivity index (χ3v) is 3.05. The van der Waals surface area contributed by atoms with Gasteiger partial charge in [-0.2, -0.15) is 13.2 Å². The summed E-state index contributed by atoms with van der Waals surface area (Å²) >= 11 is 0. The van der Waals surface area contributed by atoms with Gasteiger partial charge in [0.1, 0.15) is 0 Å². The van der Waals surface area contributed by atoms with E-state index in [1.54, 1.807) is 0 Å². The van der Waals surface area contributed by atoms with Crippen LogP contribution in [-0.2, 0) is 0 Å². The van der Waals surface area contributed by atoms with Gasteiger partial charge in [0, 0.05) is 0 Å². The van der Waals surface area contributed by atoms with Gasteiger partial charge in [-0.25, -0.2) is 0 Å². The molecule has 0 aromatic rings. The Morgan fingerprint density at radius 1 is 1.43 bits per heavy atom. The maximum Gasteiger partial charge on any atom is 0.417 e. The van der Waals surface area contributed by atoms with E-state index in [0.29, 0.717) is 6.42 Å². The lowest BCUT2D eigenvalue weighted by atomic mass is 9.76. The molecule has 0 spiro atoms. The lowest BCUT2D eigenvalue weighted by Gasteiger charge is -2.38. The Bertz CT molecular complexity index is 188. The topological polar surface area (TPSA) is 20.2 Å². The van der Waals surface area contributed by atoms with Crippen LogP contribution in [0.1, 0.15) is 45.4 Å². The lowest BCUT2D eigenvalue weighted by molar-refractivity contribution is -0.274. The average Bonchev–Trinajstić information content (AvgIpc) is 2.03. The van der Waals surface area contributed by atoms with Crippen LogP contribution < -0.4 is 0 Å². The van der Waals surface area contributed by atoms with Gasteiger partial charge in [-0.3, -0.25) is 0 Å². The summed E-state index contributed by atoms with van der Waals surface area (Å²) in [6.07, 6.45) is -1.70. The standard InChI is InChI=1S/C10H17F3O/c1-2-4-8-5-3-6-9(14,7-8)10(11,12)13/h8,14H,2-7H2,1H3. The van der Waals surface area contributed by atoms with Crippen molar-refractivity contribution in [2.24, 2.45) is 5.92 Å². The van der Waals surface area contributed by atoms with Crippen molar-refractivity contribution >= 4 is 0 Å². The van der Waals surface area contributed by atoms with Crippen LogP contribution in [0.3, 0.4) is 0 Å². The van der Waals surface area contributed by atoms with E-state index in [4.69, 9.17) is 0 Å². The van der Waals surface area contributed by atoms with Gasteiger partial charge in [0.05, 0.1) is 0 Å². The molecule has 2 unspecified atom stereocenters. The monoisotopic (exact) mass is 210 g/mol.